The quantitative estimate of drug-likeness (QED) is 0.860. The molecule has 0 saturated heterocycles. The van der Waals surface area contributed by atoms with Gasteiger partial charge >= 0.3 is 0 Å². The predicted octanol–water partition coefficient (Wildman–Crippen LogP) is 2.29. The van der Waals surface area contributed by atoms with Crippen LogP contribution in [0.3, 0.4) is 0 Å². The van der Waals surface area contributed by atoms with Gasteiger partial charge in [-0.2, -0.15) is 0 Å². The molecule has 1 fully saturated rings. The second-order valence-electron chi connectivity index (χ2n) is 5.16. The molecular weight excluding hydrogens is 226 g/mol. The predicted molar refractivity (Wildman–Crippen MR) is 72.8 cm³/mol. The first-order valence-corrected chi connectivity index (χ1v) is 6.72. The van der Waals surface area contributed by atoms with Crippen molar-refractivity contribution >= 4 is 0 Å². The molecule has 2 rings (SSSR count). The van der Waals surface area contributed by atoms with E-state index in [4.69, 9.17) is 4.74 Å². The number of hydrogen-bond acceptors (Lipinski definition) is 3. The van der Waals surface area contributed by atoms with Crippen LogP contribution in [0.2, 0.25) is 0 Å². The molecule has 0 amide bonds. The lowest BCUT2D eigenvalue weighted by Gasteiger charge is -2.40. The van der Waals surface area contributed by atoms with Crippen molar-refractivity contribution < 1.29 is 9.84 Å². The molecule has 3 heteroatoms. The summed E-state index contributed by atoms with van der Waals surface area (Å²) in [6.07, 6.45) is 4.22. The van der Waals surface area contributed by atoms with Crippen LogP contribution < -0.4 is 10.1 Å². The molecule has 1 aliphatic carbocycles. The topological polar surface area (TPSA) is 41.5 Å². The van der Waals surface area contributed by atoms with Crippen molar-refractivity contribution in [2.24, 2.45) is 5.92 Å². The molecule has 18 heavy (non-hydrogen) atoms. The summed E-state index contributed by atoms with van der Waals surface area (Å²) in [5, 5.41) is 14.3. The molecule has 0 unspecified atom stereocenters. The fourth-order valence-electron chi connectivity index (χ4n) is 3.02. The zero-order valence-electron chi connectivity index (χ0n) is 11.3. The Morgan fingerprint density at radius 1 is 1.44 bits per heavy atom. The van der Waals surface area contributed by atoms with Crippen molar-refractivity contribution in [3.8, 4) is 5.75 Å². The van der Waals surface area contributed by atoms with Crippen LogP contribution in [0.25, 0.3) is 0 Å². The fourth-order valence-corrected chi connectivity index (χ4v) is 3.02. The second-order valence-corrected chi connectivity index (χ2v) is 5.16. The molecule has 0 aliphatic heterocycles. The number of benzene rings is 1. The number of aliphatic hydroxyl groups is 1. The van der Waals surface area contributed by atoms with E-state index in [2.05, 4.69) is 5.32 Å². The van der Waals surface area contributed by atoms with Gasteiger partial charge in [-0.05, 0) is 37.6 Å². The average Bonchev–Trinajstić information content (AvgIpc) is 2.42. The van der Waals surface area contributed by atoms with E-state index in [1.165, 1.54) is 6.42 Å². The summed E-state index contributed by atoms with van der Waals surface area (Å²) in [7, 11) is 3.61. The van der Waals surface area contributed by atoms with E-state index in [-0.39, 0.29) is 5.92 Å². The molecule has 0 spiro atoms. The molecule has 100 valence electrons. The highest BCUT2D eigenvalue weighted by molar-refractivity contribution is 5.33. The molecule has 1 aromatic carbocycles. The third-order valence-electron chi connectivity index (χ3n) is 4.06. The Hall–Kier alpha value is -1.06. The van der Waals surface area contributed by atoms with Gasteiger partial charge in [-0.15, -0.1) is 0 Å². The van der Waals surface area contributed by atoms with Crippen LogP contribution >= 0.6 is 0 Å². The summed E-state index contributed by atoms with van der Waals surface area (Å²) in [5.74, 6) is 1.10. The smallest absolute Gasteiger partial charge is 0.119 e. The van der Waals surface area contributed by atoms with Gasteiger partial charge in [0.25, 0.3) is 0 Å². The van der Waals surface area contributed by atoms with Crippen LogP contribution in [0.15, 0.2) is 24.3 Å². The summed E-state index contributed by atoms with van der Waals surface area (Å²) >= 11 is 0. The maximum atomic E-state index is 11.1. The number of nitrogens with one attached hydrogen (secondary N) is 1. The Kier molecular flexibility index (Phi) is 4.25. The Bertz CT molecular complexity index is 392. The number of hydrogen-bond donors (Lipinski definition) is 2. The number of ether oxygens (including phenoxy) is 1. The Labute approximate surface area is 109 Å². The zero-order chi connectivity index (χ0) is 13.0. The van der Waals surface area contributed by atoms with Crippen molar-refractivity contribution in [1.82, 2.24) is 5.32 Å². The third-order valence-corrected chi connectivity index (χ3v) is 4.06. The highest BCUT2D eigenvalue weighted by Gasteiger charge is 2.39. The van der Waals surface area contributed by atoms with Crippen LogP contribution in [-0.4, -0.2) is 25.8 Å². The standard InChI is InChI=1S/C15H23NO2/c1-16-11-13-6-3-4-9-15(13,17)12-7-5-8-14(10-12)18-2/h5,7-8,10,13,16-17H,3-4,6,9,11H2,1-2H3/t13-,15-/m1/s1. The molecular formula is C15H23NO2. The normalized spacial score (nSPS) is 28.1. The summed E-state index contributed by atoms with van der Waals surface area (Å²) in [6, 6.07) is 7.85. The van der Waals surface area contributed by atoms with Crippen molar-refractivity contribution in [2.45, 2.75) is 31.3 Å². The summed E-state index contributed by atoms with van der Waals surface area (Å²) in [5.41, 5.74) is 0.275. The molecule has 2 atom stereocenters. The number of methoxy groups -OCH3 is 1. The summed E-state index contributed by atoms with van der Waals surface area (Å²) in [6.45, 7) is 0.855. The van der Waals surface area contributed by atoms with E-state index in [1.54, 1.807) is 7.11 Å². The summed E-state index contributed by atoms with van der Waals surface area (Å²) < 4.78 is 5.26. The van der Waals surface area contributed by atoms with E-state index in [0.717, 1.165) is 37.1 Å². The average molecular weight is 249 g/mol. The van der Waals surface area contributed by atoms with Gasteiger partial charge < -0.3 is 15.2 Å². The van der Waals surface area contributed by atoms with E-state index in [9.17, 15) is 5.11 Å². The lowest BCUT2D eigenvalue weighted by molar-refractivity contribution is -0.0531. The Morgan fingerprint density at radius 2 is 2.28 bits per heavy atom. The lowest BCUT2D eigenvalue weighted by atomic mass is 9.71. The van der Waals surface area contributed by atoms with Crippen LogP contribution in [0.1, 0.15) is 31.2 Å². The molecule has 1 aliphatic rings. The lowest BCUT2D eigenvalue weighted by Crippen LogP contribution is -2.42. The van der Waals surface area contributed by atoms with Crippen molar-refractivity contribution in [3.63, 3.8) is 0 Å². The van der Waals surface area contributed by atoms with Gasteiger partial charge in [0, 0.05) is 12.5 Å². The molecule has 1 aromatic rings. The highest BCUT2D eigenvalue weighted by atomic mass is 16.5. The fraction of sp³-hybridized carbons (Fsp3) is 0.600. The molecule has 0 heterocycles. The van der Waals surface area contributed by atoms with Crippen molar-refractivity contribution in [3.05, 3.63) is 29.8 Å². The first kappa shape index (κ1) is 13.4. The molecule has 0 radical (unpaired) electrons. The molecule has 2 N–H and O–H groups in total. The minimum atomic E-state index is -0.713. The first-order chi connectivity index (χ1) is 8.70. The molecule has 3 nitrogen and oxygen atoms in total. The van der Waals surface area contributed by atoms with Crippen LogP contribution in [0, 0.1) is 5.92 Å². The van der Waals surface area contributed by atoms with Gasteiger partial charge in [-0.3, -0.25) is 0 Å². The Balaban J connectivity index is 2.30. The third kappa shape index (κ3) is 2.52. The molecule has 1 saturated carbocycles. The van der Waals surface area contributed by atoms with Gasteiger partial charge in [-0.1, -0.05) is 25.0 Å². The van der Waals surface area contributed by atoms with Gasteiger partial charge in [0.2, 0.25) is 0 Å². The van der Waals surface area contributed by atoms with E-state index in [1.807, 2.05) is 31.3 Å². The molecule has 0 bridgehead atoms. The maximum absolute atomic E-state index is 11.1. The van der Waals surface area contributed by atoms with Crippen molar-refractivity contribution in [2.75, 3.05) is 20.7 Å². The molecule has 0 aromatic heterocycles. The van der Waals surface area contributed by atoms with Gasteiger partial charge in [-0.25, -0.2) is 0 Å². The van der Waals surface area contributed by atoms with Gasteiger partial charge in [0.1, 0.15) is 5.75 Å². The van der Waals surface area contributed by atoms with Crippen LogP contribution in [-0.2, 0) is 5.60 Å². The first-order valence-electron chi connectivity index (χ1n) is 6.72. The van der Waals surface area contributed by atoms with E-state index < -0.39 is 5.60 Å². The maximum Gasteiger partial charge on any atom is 0.119 e. The second kappa shape index (κ2) is 5.72. The van der Waals surface area contributed by atoms with Crippen LogP contribution in [0.5, 0.6) is 5.75 Å². The van der Waals surface area contributed by atoms with Gasteiger partial charge in [0.05, 0.1) is 12.7 Å². The monoisotopic (exact) mass is 249 g/mol. The largest absolute Gasteiger partial charge is 0.497 e. The van der Waals surface area contributed by atoms with E-state index >= 15 is 0 Å². The van der Waals surface area contributed by atoms with Crippen LogP contribution in [0.4, 0.5) is 0 Å². The highest BCUT2D eigenvalue weighted by Crippen LogP contribution is 2.42. The summed E-state index contributed by atoms with van der Waals surface area (Å²) in [4.78, 5) is 0. The minimum absolute atomic E-state index is 0.281. The minimum Gasteiger partial charge on any atom is -0.497 e. The van der Waals surface area contributed by atoms with Crippen molar-refractivity contribution in [1.29, 1.82) is 0 Å². The SMILES string of the molecule is CNC[C@H]1CCCC[C@@]1(O)c1cccc(OC)c1. The Morgan fingerprint density at radius 3 is 3.00 bits per heavy atom. The van der Waals surface area contributed by atoms with Gasteiger partial charge in [0.15, 0.2) is 0 Å². The number of rotatable bonds is 4. The van der Waals surface area contributed by atoms with E-state index in [0.29, 0.717) is 0 Å². The zero-order valence-corrected chi connectivity index (χ0v) is 11.3.